The van der Waals surface area contributed by atoms with Crippen LogP contribution in [0, 0.1) is 6.92 Å². The minimum atomic E-state index is 0.707. The van der Waals surface area contributed by atoms with Gasteiger partial charge in [-0.3, -0.25) is 0 Å². The zero-order valence-corrected chi connectivity index (χ0v) is 10.6. The Hall–Kier alpha value is -1.09. The first-order valence-corrected chi connectivity index (χ1v) is 6.63. The van der Waals surface area contributed by atoms with E-state index in [-0.39, 0.29) is 0 Å². The highest BCUT2D eigenvalue weighted by Crippen LogP contribution is 2.12. The average molecular weight is 234 g/mol. The van der Waals surface area contributed by atoms with Crippen molar-refractivity contribution in [3.8, 4) is 5.88 Å². The maximum atomic E-state index is 5.61. The fourth-order valence-corrected chi connectivity index (χ4v) is 2.22. The van der Waals surface area contributed by atoms with Gasteiger partial charge in [0.15, 0.2) is 0 Å². The number of ether oxygens (including phenoxy) is 1. The topological polar surface area (TPSA) is 34.1 Å². The standard InChI is InChI=1S/C14H22N2O/c1-12-7-8-14(16-11-12)17-10-4-6-13-5-2-3-9-15-13/h7-8,11,13,15H,2-6,9-10H2,1H3/t13-/m0/s1. The number of hydrogen-bond donors (Lipinski definition) is 1. The summed E-state index contributed by atoms with van der Waals surface area (Å²) in [6.07, 6.45) is 8.19. The molecule has 0 radical (unpaired) electrons. The molecule has 1 aliphatic rings. The molecule has 1 atom stereocenters. The summed E-state index contributed by atoms with van der Waals surface area (Å²) in [5.74, 6) is 0.743. The number of aromatic nitrogens is 1. The van der Waals surface area contributed by atoms with Crippen LogP contribution in [0.15, 0.2) is 18.3 Å². The molecule has 0 aromatic carbocycles. The van der Waals surface area contributed by atoms with Crippen LogP contribution in [-0.2, 0) is 0 Å². The van der Waals surface area contributed by atoms with Crippen molar-refractivity contribution in [2.24, 2.45) is 0 Å². The van der Waals surface area contributed by atoms with E-state index in [1.54, 1.807) is 0 Å². The molecule has 0 bridgehead atoms. The van der Waals surface area contributed by atoms with Crippen molar-refractivity contribution in [2.75, 3.05) is 13.2 Å². The van der Waals surface area contributed by atoms with Crippen LogP contribution in [0.3, 0.4) is 0 Å². The molecule has 0 unspecified atom stereocenters. The molecule has 1 saturated heterocycles. The fourth-order valence-electron chi connectivity index (χ4n) is 2.22. The summed E-state index contributed by atoms with van der Waals surface area (Å²) >= 11 is 0. The van der Waals surface area contributed by atoms with Crippen molar-refractivity contribution in [3.63, 3.8) is 0 Å². The van der Waals surface area contributed by atoms with Crippen molar-refractivity contribution in [1.29, 1.82) is 0 Å². The van der Waals surface area contributed by atoms with Gasteiger partial charge in [0.25, 0.3) is 0 Å². The summed E-state index contributed by atoms with van der Waals surface area (Å²) in [6, 6.07) is 4.68. The second kappa shape index (κ2) is 6.60. The van der Waals surface area contributed by atoms with E-state index < -0.39 is 0 Å². The van der Waals surface area contributed by atoms with E-state index in [0.717, 1.165) is 18.9 Å². The van der Waals surface area contributed by atoms with E-state index in [0.29, 0.717) is 6.04 Å². The van der Waals surface area contributed by atoms with Crippen molar-refractivity contribution in [2.45, 2.75) is 45.1 Å². The highest BCUT2D eigenvalue weighted by molar-refractivity contribution is 5.16. The lowest BCUT2D eigenvalue weighted by Crippen LogP contribution is -2.34. The van der Waals surface area contributed by atoms with Crippen LogP contribution in [-0.4, -0.2) is 24.2 Å². The van der Waals surface area contributed by atoms with E-state index in [1.165, 1.54) is 37.8 Å². The Morgan fingerprint density at radius 1 is 1.41 bits per heavy atom. The quantitative estimate of drug-likeness (QED) is 0.795. The van der Waals surface area contributed by atoms with E-state index in [1.807, 2.05) is 25.3 Å². The van der Waals surface area contributed by atoms with Crippen LogP contribution in [0.1, 0.15) is 37.7 Å². The van der Waals surface area contributed by atoms with E-state index in [4.69, 9.17) is 4.74 Å². The minimum Gasteiger partial charge on any atom is -0.478 e. The van der Waals surface area contributed by atoms with Crippen LogP contribution in [0.25, 0.3) is 0 Å². The summed E-state index contributed by atoms with van der Waals surface area (Å²) in [7, 11) is 0. The highest BCUT2D eigenvalue weighted by atomic mass is 16.5. The SMILES string of the molecule is Cc1ccc(OCCC[C@@H]2CCCCN2)nc1. The number of hydrogen-bond acceptors (Lipinski definition) is 3. The molecular weight excluding hydrogens is 212 g/mol. The van der Waals surface area contributed by atoms with Crippen LogP contribution in [0.5, 0.6) is 5.88 Å². The third-order valence-corrected chi connectivity index (χ3v) is 3.24. The lowest BCUT2D eigenvalue weighted by molar-refractivity contribution is 0.276. The number of pyridine rings is 1. The van der Waals surface area contributed by atoms with Crippen molar-refractivity contribution in [1.82, 2.24) is 10.3 Å². The number of aryl methyl sites for hydroxylation is 1. The maximum Gasteiger partial charge on any atom is 0.213 e. The molecule has 1 fully saturated rings. The van der Waals surface area contributed by atoms with Gasteiger partial charge in [-0.15, -0.1) is 0 Å². The minimum absolute atomic E-state index is 0.707. The van der Waals surface area contributed by atoms with Crippen molar-refractivity contribution >= 4 is 0 Å². The van der Waals surface area contributed by atoms with Gasteiger partial charge in [-0.25, -0.2) is 4.98 Å². The molecule has 1 aromatic rings. The lowest BCUT2D eigenvalue weighted by Gasteiger charge is -2.23. The molecule has 0 aliphatic carbocycles. The number of nitrogens with zero attached hydrogens (tertiary/aromatic N) is 1. The summed E-state index contributed by atoms with van der Waals surface area (Å²) in [5, 5.41) is 3.55. The molecule has 0 amide bonds. The maximum absolute atomic E-state index is 5.61. The van der Waals surface area contributed by atoms with Gasteiger partial charge in [0.2, 0.25) is 5.88 Å². The second-order valence-electron chi connectivity index (χ2n) is 4.81. The van der Waals surface area contributed by atoms with E-state index in [9.17, 15) is 0 Å². The van der Waals surface area contributed by atoms with Gasteiger partial charge < -0.3 is 10.1 Å². The molecule has 94 valence electrons. The first-order chi connectivity index (χ1) is 8.34. The zero-order chi connectivity index (χ0) is 11.9. The van der Waals surface area contributed by atoms with Crippen LogP contribution < -0.4 is 10.1 Å². The molecule has 1 aromatic heterocycles. The molecule has 17 heavy (non-hydrogen) atoms. The van der Waals surface area contributed by atoms with Gasteiger partial charge in [0.1, 0.15) is 0 Å². The van der Waals surface area contributed by atoms with E-state index in [2.05, 4.69) is 10.3 Å². The highest BCUT2D eigenvalue weighted by Gasteiger charge is 2.11. The van der Waals surface area contributed by atoms with Gasteiger partial charge in [-0.05, 0) is 44.7 Å². The summed E-state index contributed by atoms with van der Waals surface area (Å²) in [4.78, 5) is 4.22. The van der Waals surface area contributed by atoms with Crippen LogP contribution >= 0.6 is 0 Å². The lowest BCUT2D eigenvalue weighted by atomic mass is 10.0. The molecule has 0 saturated carbocycles. The summed E-state index contributed by atoms with van der Waals surface area (Å²) in [5.41, 5.74) is 1.17. The Kier molecular flexibility index (Phi) is 4.80. The van der Waals surface area contributed by atoms with Crippen LogP contribution in [0.4, 0.5) is 0 Å². The summed E-state index contributed by atoms with van der Waals surface area (Å²) < 4.78 is 5.61. The predicted molar refractivity (Wildman–Crippen MR) is 69.3 cm³/mol. The van der Waals surface area contributed by atoms with Gasteiger partial charge >= 0.3 is 0 Å². The summed E-state index contributed by atoms with van der Waals surface area (Å²) in [6.45, 7) is 3.99. The van der Waals surface area contributed by atoms with Crippen molar-refractivity contribution < 1.29 is 4.74 Å². The molecule has 1 N–H and O–H groups in total. The number of piperidine rings is 1. The third kappa shape index (κ3) is 4.35. The Labute approximate surface area is 104 Å². The van der Waals surface area contributed by atoms with Crippen molar-refractivity contribution in [3.05, 3.63) is 23.9 Å². The second-order valence-corrected chi connectivity index (χ2v) is 4.81. The van der Waals surface area contributed by atoms with Gasteiger partial charge in [-0.2, -0.15) is 0 Å². The molecular formula is C14H22N2O. The molecule has 1 aliphatic heterocycles. The predicted octanol–water partition coefficient (Wildman–Crippen LogP) is 2.69. The normalized spacial score (nSPS) is 20.2. The first kappa shape index (κ1) is 12.4. The monoisotopic (exact) mass is 234 g/mol. The molecule has 3 nitrogen and oxygen atoms in total. The molecule has 3 heteroatoms. The van der Waals surface area contributed by atoms with Gasteiger partial charge in [-0.1, -0.05) is 12.5 Å². The van der Waals surface area contributed by atoms with Gasteiger partial charge in [0, 0.05) is 18.3 Å². The average Bonchev–Trinajstić information content (AvgIpc) is 2.38. The Morgan fingerprint density at radius 2 is 2.35 bits per heavy atom. The third-order valence-electron chi connectivity index (χ3n) is 3.24. The number of nitrogens with one attached hydrogen (secondary N) is 1. The van der Waals surface area contributed by atoms with Crippen LogP contribution in [0.2, 0.25) is 0 Å². The Morgan fingerprint density at radius 3 is 3.06 bits per heavy atom. The smallest absolute Gasteiger partial charge is 0.213 e. The Balaban J connectivity index is 1.60. The molecule has 2 rings (SSSR count). The van der Waals surface area contributed by atoms with Gasteiger partial charge in [0.05, 0.1) is 6.61 Å². The van der Waals surface area contributed by atoms with E-state index >= 15 is 0 Å². The molecule has 2 heterocycles. The zero-order valence-electron chi connectivity index (χ0n) is 10.6. The first-order valence-electron chi connectivity index (χ1n) is 6.63. The fraction of sp³-hybridized carbons (Fsp3) is 0.643. The number of rotatable bonds is 5. The molecule has 0 spiro atoms. The Bertz CT molecular complexity index is 317. The largest absolute Gasteiger partial charge is 0.478 e.